The van der Waals surface area contributed by atoms with Crippen LogP contribution >= 0.6 is 11.6 Å². The number of nitro benzene ring substituents is 1. The van der Waals surface area contributed by atoms with Crippen LogP contribution in [0.4, 0.5) is 14.5 Å². The van der Waals surface area contributed by atoms with Gasteiger partial charge in [-0.1, -0.05) is 37.6 Å². The predicted molar refractivity (Wildman–Crippen MR) is 114 cm³/mol. The van der Waals surface area contributed by atoms with Gasteiger partial charge in [0.1, 0.15) is 12.6 Å². The zero-order chi connectivity index (χ0) is 24.7. The van der Waals surface area contributed by atoms with Gasteiger partial charge < -0.3 is 19.5 Å². The zero-order valence-corrected chi connectivity index (χ0v) is 18.6. The van der Waals surface area contributed by atoms with Crippen LogP contribution in [0, 0.1) is 16.0 Å². The molecule has 33 heavy (non-hydrogen) atoms. The third-order valence-electron chi connectivity index (χ3n) is 4.47. The number of alkyl halides is 2. The van der Waals surface area contributed by atoms with Crippen LogP contribution in [-0.2, 0) is 16.1 Å². The molecular weight excluding hydrogens is 466 g/mol. The molecule has 2 aromatic carbocycles. The Kier molecular flexibility index (Phi) is 8.92. The summed E-state index contributed by atoms with van der Waals surface area (Å²) in [6.07, 6.45) is 0. The average Bonchev–Trinajstić information content (AvgIpc) is 2.75. The van der Waals surface area contributed by atoms with Crippen molar-refractivity contribution in [3.8, 4) is 11.5 Å². The Bertz CT molecular complexity index is 1030. The van der Waals surface area contributed by atoms with E-state index in [1.54, 1.807) is 26.0 Å². The summed E-state index contributed by atoms with van der Waals surface area (Å²) in [4.78, 5) is 35.7. The number of amides is 1. The summed E-state index contributed by atoms with van der Waals surface area (Å²) in [7, 11) is 1.16. The number of esters is 1. The number of nitrogens with one attached hydrogen (secondary N) is 1. The van der Waals surface area contributed by atoms with E-state index in [1.807, 2.05) is 0 Å². The summed E-state index contributed by atoms with van der Waals surface area (Å²) >= 11 is 6.01. The highest BCUT2D eigenvalue weighted by Gasteiger charge is 2.28. The van der Waals surface area contributed by atoms with E-state index >= 15 is 0 Å². The third kappa shape index (κ3) is 6.75. The molecule has 0 radical (unpaired) electrons. The average molecular weight is 487 g/mol. The van der Waals surface area contributed by atoms with E-state index < -0.39 is 53.4 Å². The van der Waals surface area contributed by atoms with Gasteiger partial charge in [-0.05, 0) is 24.1 Å². The molecule has 1 amide bonds. The number of halogens is 3. The molecule has 0 unspecified atom stereocenters. The van der Waals surface area contributed by atoms with Crippen molar-refractivity contribution in [2.24, 2.45) is 5.92 Å². The minimum atomic E-state index is -3.23. The van der Waals surface area contributed by atoms with Crippen molar-refractivity contribution in [1.29, 1.82) is 0 Å². The van der Waals surface area contributed by atoms with Crippen LogP contribution < -0.4 is 14.8 Å². The van der Waals surface area contributed by atoms with Crippen LogP contribution in [0.25, 0.3) is 0 Å². The number of hydrogen-bond donors (Lipinski definition) is 1. The van der Waals surface area contributed by atoms with Crippen molar-refractivity contribution in [3.05, 3.63) is 62.7 Å². The maximum Gasteiger partial charge on any atom is 0.387 e. The molecule has 0 bridgehead atoms. The second kappa shape index (κ2) is 11.4. The fourth-order valence-corrected chi connectivity index (χ4v) is 3.05. The topological polar surface area (TPSA) is 117 Å². The largest absolute Gasteiger partial charge is 0.493 e. The smallest absolute Gasteiger partial charge is 0.387 e. The Balaban J connectivity index is 2.22. The second-order valence-corrected chi connectivity index (χ2v) is 7.46. The molecule has 0 aliphatic carbocycles. The van der Waals surface area contributed by atoms with Crippen LogP contribution in [-0.4, -0.2) is 36.6 Å². The fraction of sp³-hybridized carbons (Fsp3) is 0.333. The molecule has 0 saturated heterocycles. The van der Waals surface area contributed by atoms with E-state index in [2.05, 4.69) is 10.1 Å². The zero-order valence-electron chi connectivity index (χ0n) is 17.8. The summed E-state index contributed by atoms with van der Waals surface area (Å²) in [5, 5.41) is 14.1. The lowest BCUT2D eigenvalue weighted by Crippen LogP contribution is -2.45. The Morgan fingerprint density at radius 3 is 2.39 bits per heavy atom. The lowest BCUT2D eigenvalue weighted by Gasteiger charge is -2.21. The highest BCUT2D eigenvalue weighted by molar-refractivity contribution is 6.33. The summed E-state index contributed by atoms with van der Waals surface area (Å²) in [5.74, 6) is -2.60. The van der Waals surface area contributed by atoms with Crippen LogP contribution in [0.5, 0.6) is 11.5 Å². The first-order valence-corrected chi connectivity index (χ1v) is 9.95. The van der Waals surface area contributed by atoms with Crippen LogP contribution in [0.1, 0.15) is 29.8 Å². The van der Waals surface area contributed by atoms with Crippen LogP contribution in [0.15, 0.2) is 36.4 Å². The molecule has 0 aliphatic rings. The summed E-state index contributed by atoms with van der Waals surface area (Å²) in [6, 6.07) is 7.00. The first-order chi connectivity index (χ1) is 15.5. The number of rotatable bonds is 10. The minimum absolute atomic E-state index is 0.119. The summed E-state index contributed by atoms with van der Waals surface area (Å²) in [6.45, 7) is -0.469. The molecule has 1 N–H and O–H groups in total. The number of carbonyl (C=O) groups excluding carboxylic acids is 2. The van der Waals surface area contributed by atoms with Crippen molar-refractivity contribution in [1.82, 2.24) is 5.32 Å². The predicted octanol–water partition coefficient (Wildman–Crippen LogP) is 4.36. The van der Waals surface area contributed by atoms with Crippen LogP contribution in [0.2, 0.25) is 5.02 Å². The maximum absolute atomic E-state index is 12.7. The molecule has 12 heteroatoms. The fourth-order valence-electron chi connectivity index (χ4n) is 2.83. The molecule has 0 aliphatic heterocycles. The molecule has 1 atom stereocenters. The Hall–Kier alpha value is -3.47. The molecule has 0 fully saturated rings. The molecule has 0 aromatic heterocycles. The molecule has 9 nitrogen and oxygen atoms in total. The minimum Gasteiger partial charge on any atom is -0.493 e. The number of ether oxygens (including phenoxy) is 3. The van der Waals surface area contributed by atoms with Gasteiger partial charge in [0.2, 0.25) is 0 Å². The lowest BCUT2D eigenvalue weighted by atomic mass is 10.0. The number of nitro groups is 1. The van der Waals surface area contributed by atoms with E-state index in [0.29, 0.717) is 0 Å². The van der Waals surface area contributed by atoms with Gasteiger partial charge in [0.25, 0.3) is 11.6 Å². The van der Waals surface area contributed by atoms with Gasteiger partial charge in [0.05, 0.1) is 34.2 Å². The standard InChI is InChI=1S/C21H21ClF2N2O7/c1-11(2)18(25-19(27)13-6-4-5-7-14(13)22)20(28)32-10-12-8-16(31-3)17(33-21(23)24)9-15(12)26(29)30/h4-9,11,18,21H,10H2,1-3H3,(H,25,27)/t18-/m0/s1. The van der Waals surface area contributed by atoms with E-state index in [-0.39, 0.29) is 21.9 Å². The highest BCUT2D eigenvalue weighted by atomic mass is 35.5. The van der Waals surface area contributed by atoms with Crippen molar-refractivity contribution in [2.45, 2.75) is 33.1 Å². The molecule has 0 spiro atoms. The van der Waals surface area contributed by atoms with Crippen molar-refractivity contribution in [3.63, 3.8) is 0 Å². The quantitative estimate of drug-likeness (QED) is 0.301. The van der Waals surface area contributed by atoms with Gasteiger partial charge in [-0.15, -0.1) is 0 Å². The molecule has 2 aromatic rings. The highest BCUT2D eigenvalue weighted by Crippen LogP contribution is 2.36. The SMILES string of the molecule is COc1cc(COC(=O)[C@@H](NC(=O)c2ccccc2Cl)C(C)C)c([N+](=O)[O-])cc1OC(F)F. The Morgan fingerprint density at radius 2 is 1.85 bits per heavy atom. The maximum atomic E-state index is 12.7. The second-order valence-electron chi connectivity index (χ2n) is 7.05. The molecule has 2 rings (SSSR count). The molecular formula is C21H21ClF2N2O7. The molecule has 178 valence electrons. The first kappa shape index (κ1) is 25.8. The van der Waals surface area contributed by atoms with Gasteiger partial charge in [-0.2, -0.15) is 8.78 Å². The van der Waals surface area contributed by atoms with Crippen molar-refractivity contribution >= 4 is 29.2 Å². The number of hydrogen-bond acceptors (Lipinski definition) is 7. The Morgan fingerprint density at radius 1 is 1.18 bits per heavy atom. The van der Waals surface area contributed by atoms with Crippen molar-refractivity contribution < 1.29 is 37.5 Å². The number of benzene rings is 2. The van der Waals surface area contributed by atoms with Gasteiger partial charge in [0.15, 0.2) is 11.5 Å². The van der Waals surface area contributed by atoms with Crippen LogP contribution in [0.3, 0.4) is 0 Å². The third-order valence-corrected chi connectivity index (χ3v) is 4.80. The first-order valence-electron chi connectivity index (χ1n) is 9.57. The lowest BCUT2D eigenvalue weighted by molar-refractivity contribution is -0.386. The van der Waals surface area contributed by atoms with Crippen molar-refractivity contribution in [2.75, 3.05) is 7.11 Å². The van der Waals surface area contributed by atoms with Gasteiger partial charge in [0, 0.05) is 0 Å². The van der Waals surface area contributed by atoms with E-state index in [0.717, 1.165) is 19.2 Å². The monoisotopic (exact) mass is 486 g/mol. The summed E-state index contributed by atoms with van der Waals surface area (Å²) < 4.78 is 39.5. The number of carbonyl (C=O) groups is 2. The Labute approximate surface area is 192 Å². The number of nitrogens with zero attached hydrogens (tertiary/aromatic N) is 1. The van der Waals surface area contributed by atoms with Gasteiger partial charge in [-0.3, -0.25) is 14.9 Å². The van der Waals surface area contributed by atoms with E-state index in [9.17, 15) is 28.5 Å². The van der Waals surface area contributed by atoms with Gasteiger partial charge >= 0.3 is 12.6 Å². The van der Waals surface area contributed by atoms with Gasteiger partial charge in [-0.25, -0.2) is 4.79 Å². The van der Waals surface area contributed by atoms with E-state index in [1.165, 1.54) is 12.1 Å². The summed E-state index contributed by atoms with van der Waals surface area (Å²) in [5.41, 5.74) is -0.570. The number of methoxy groups -OCH3 is 1. The normalized spacial score (nSPS) is 11.8. The molecule has 0 saturated carbocycles. The molecule has 0 heterocycles. The van der Waals surface area contributed by atoms with E-state index in [4.69, 9.17) is 21.1 Å².